The minimum Gasteiger partial charge on any atom is -0.489 e. The highest BCUT2D eigenvalue weighted by atomic mass is 16.5. The Hall–Kier alpha value is -1.38. The van der Waals surface area contributed by atoms with E-state index in [0.29, 0.717) is 0 Å². The third kappa shape index (κ3) is 1.07. The number of rotatable bonds is 0. The number of anilines is 2. The summed E-state index contributed by atoms with van der Waals surface area (Å²) in [5.74, 6) is 0.940. The summed E-state index contributed by atoms with van der Waals surface area (Å²) in [7, 11) is 0. The lowest BCUT2D eigenvalue weighted by molar-refractivity contribution is 0.321. The zero-order valence-electron chi connectivity index (χ0n) is 7.05. The molecule has 64 valence electrons. The standard InChI is InChI=1S/C9H12N2O/c1-6-4-7(10)5-8-9(6)12-3-2-11-8/h4-5,11H,2-3,10H2,1H3. The van der Waals surface area contributed by atoms with Crippen LogP contribution < -0.4 is 15.8 Å². The van der Waals surface area contributed by atoms with Gasteiger partial charge in [-0.3, -0.25) is 0 Å². The SMILES string of the molecule is Cc1cc(N)cc2c1OCCN2. The largest absolute Gasteiger partial charge is 0.489 e. The number of benzene rings is 1. The molecule has 2 rings (SSSR count). The van der Waals surface area contributed by atoms with Crippen LogP contribution in [0, 0.1) is 6.92 Å². The molecule has 3 N–H and O–H groups in total. The van der Waals surface area contributed by atoms with Gasteiger partial charge in [-0.2, -0.15) is 0 Å². The Kier molecular flexibility index (Phi) is 1.57. The van der Waals surface area contributed by atoms with E-state index >= 15 is 0 Å². The molecule has 1 aliphatic rings. The number of ether oxygens (including phenoxy) is 1. The summed E-state index contributed by atoms with van der Waals surface area (Å²) in [5, 5.41) is 3.24. The first-order chi connectivity index (χ1) is 5.77. The van der Waals surface area contributed by atoms with E-state index in [-0.39, 0.29) is 0 Å². The van der Waals surface area contributed by atoms with Gasteiger partial charge >= 0.3 is 0 Å². The van der Waals surface area contributed by atoms with E-state index in [2.05, 4.69) is 5.32 Å². The second-order valence-corrected chi connectivity index (χ2v) is 2.99. The van der Waals surface area contributed by atoms with Crippen molar-refractivity contribution in [1.29, 1.82) is 0 Å². The monoisotopic (exact) mass is 164 g/mol. The molecule has 0 radical (unpaired) electrons. The van der Waals surface area contributed by atoms with Crippen LogP contribution in [-0.2, 0) is 0 Å². The molecule has 0 aromatic heterocycles. The Morgan fingerprint density at radius 1 is 1.50 bits per heavy atom. The minimum absolute atomic E-state index is 0.734. The summed E-state index contributed by atoms with van der Waals surface area (Å²) >= 11 is 0. The molecule has 0 aliphatic carbocycles. The number of fused-ring (bicyclic) bond motifs is 1. The third-order valence-electron chi connectivity index (χ3n) is 1.96. The highest BCUT2D eigenvalue weighted by Gasteiger charge is 2.11. The van der Waals surface area contributed by atoms with Crippen molar-refractivity contribution in [3.63, 3.8) is 0 Å². The molecule has 0 amide bonds. The van der Waals surface area contributed by atoms with Gasteiger partial charge in [0.25, 0.3) is 0 Å². The summed E-state index contributed by atoms with van der Waals surface area (Å²) < 4.78 is 5.49. The Labute approximate surface area is 71.5 Å². The number of hydrogen-bond donors (Lipinski definition) is 2. The van der Waals surface area contributed by atoms with Crippen LogP contribution in [0.3, 0.4) is 0 Å². The topological polar surface area (TPSA) is 47.3 Å². The van der Waals surface area contributed by atoms with Gasteiger partial charge in [-0.1, -0.05) is 0 Å². The van der Waals surface area contributed by atoms with Crippen molar-refractivity contribution < 1.29 is 4.74 Å². The zero-order chi connectivity index (χ0) is 8.55. The molecule has 0 saturated heterocycles. The van der Waals surface area contributed by atoms with Gasteiger partial charge in [-0.25, -0.2) is 0 Å². The van der Waals surface area contributed by atoms with Crippen LogP contribution >= 0.6 is 0 Å². The Morgan fingerprint density at radius 3 is 3.17 bits per heavy atom. The smallest absolute Gasteiger partial charge is 0.145 e. The maximum absolute atomic E-state index is 5.69. The Morgan fingerprint density at radius 2 is 2.33 bits per heavy atom. The fraction of sp³-hybridized carbons (Fsp3) is 0.333. The normalized spacial score (nSPS) is 14.4. The van der Waals surface area contributed by atoms with Crippen LogP contribution in [-0.4, -0.2) is 13.2 Å². The molecule has 0 spiro atoms. The van der Waals surface area contributed by atoms with Crippen molar-refractivity contribution in [3.05, 3.63) is 17.7 Å². The van der Waals surface area contributed by atoms with E-state index in [1.165, 1.54) is 0 Å². The summed E-state index contributed by atoms with van der Waals surface area (Å²) in [6, 6.07) is 3.83. The van der Waals surface area contributed by atoms with Crippen LogP contribution in [0.5, 0.6) is 5.75 Å². The van der Waals surface area contributed by atoms with Gasteiger partial charge in [0.2, 0.25) is 0 Å². The molecule has 0 fully saturated rings. The predicted octanol–water partition coefficient (Wildman–Crippen LogP) is 1.38. The van der Waals surface area contributed by atoms with E-state index < -0.39 is 0 Å². The molecule has 0 atom stereocenters. The van der Waals surface area contributed by atoms with E-state index in [1.807, 2.05) is 19.1 Å². The number of aryl methyl sites for hydroxylation is 1. The van der Waals surface area contributed by atoms with Gasteiger partial charge in [0.05, 0.1) is 5.69 Å². The van der Waals surface area contributed by atoms with Gasteiger partial charge in [-0.05, 0) is 24.6 Å². The maximum atomic E-state index is 5.69. The van der Waals surface area contributed by atoms with Crippen molar-refractivity contribution >= 4 is 11.4 Å². The fourth-order valence-electron chi connectivity index (χ4n) is 1.46. The van der Waals surface area contributed by atoms with Gasteiger partial charge in [-0.15, -0.1) is 0 Å². The van der Waals surface area contributed by atoms with Crippen LogP contribution in [0.4, 0.5) is 11.4 Å². The molecule has 0 saturated carbocycles. The molecule has 1 aromatic carbocycles. The average Bonchev–Trinajstić information content (AvgIpc) is 2.04. The fourth-order valence-corrected chi connectivity index (χ4v) is 1.46. The molecule has 1 aromatic rings. The van der Waals surface area contributed by atoms with Gasteiger partial charge in [0.15, 0.2) is 0 Å². The molecule has 0 bridgehead atoms. The maximum Gasteiger partial charge on any atom is 0.145 e. The van der Waals surface area contributed by atoms with Crippen molar-refractivity contribution in [1.82, 2.24) is 0 Å². The summed E-state index contributed by atoms with van der Waals surface area (Å²) in [5.41, 5.74) is 8.58. The quantitative estimate of drug-likeness (QED) is 0.569. The Bertz CT molecular complexity index is 310. The van der Waals surface area contributed by atoms with E-state index in [9.17, 15) is 0 Å². The molecular formula is C9H12N2O. The number of nitrogens with two attached hydrogens (primary N) is 1. The first-order valence-electron chi connectivity index (χ1n) is 4.04. The lowest BCUT2D eigenvalue weighted by Crippen LogP contribution is -2.18. The molecular weight excluding hydrogens is 152 g/mol. The van der Waals surface area contributed by atoms with Crippen molar-refractivity contribution in [2.45, 2.75) is 6.92 Å². The van der Waals surface area contributed by atoms with Crippen molar-refractivity contribution in [2.75, 3.05) is 24.2 Å². The lowest BCUT2D eigenvalue weighted by atomic mass is 10.1. The predicted molar refractivity (Wildman–Crippen MR) is 49.6 cm³/mol. The van der Waals surface area contributed by atoms with Crippen LogP contribution in [0.1, 0.15) is 5.56 Å². The van der Waals surface area contributed by atoms with Crippen molar-refractivity contribution in [2.24, 2.45) is 0 Å². The van der Waals surface area contributed by atoms with Crippen LogP contribution in [0.2, 0.25) is 0 Å². The first-order valence-corrected chi connectivity index (χ1v) is 4.04. The van der Waals surface area contributed by atoms with Gasteiger partial charge in [0, 0.05) is 12.2 Å². The van der Waals surface area contributed by atoms with Gasteiger partial charge < -0.3 is 15.8 Å². The van der Waals surface area contributed by atoms with Crippen LogP contribution in [0.15, 0.2) is 12.1 Å². The number of hydrogen-bond acceptors (Lipinski definition) is 3. The second kappa shape index (κ2) is 2.59. The first kappa shape index (κ1) is 7.28. The van der Waals surface area contributed by atoms with E-state index in [4.69, 9.17) is 10.5 Å². The number of nitrogens with one attached hydrogen (secondary N) is 1. The molecule has 3 heteroatoms. The molecule has 12 heavy (non-hydrogen) atoms. The van der Waals surface area contributed by atoms with Crippen LogP contribution in [0.25, 0.3) is 0 Å². The summed E-state index contributed by atoms with van der Waals surface area (Å²) in [4.78, 5) is 0. The summed E-state index contributed by atoms with van der Waals surface area (Å²) in [6.07, 6.45) is 0. The van der Waals surface area contributed by atoms with Gasteiger partial charge in [0.1, 0.15) is 12.4 Å². The zero-order valence-corrected chi connectivity index (χ0v) is 7.05. The molecule has 0 unspecified atom stereocenters. The van der Waals surface area contributed by atoms with Crippen molar-refractivity contribution in [3.8, 4) is 5.75 Å². The minimum atomic E-state index is 0.734. The van der Waals surface area contributed by atoms with E-state index in [0.717, 1.165) is 35.8 Å². The highest BCUT2D eigenvalue weighted by Crippen LogP contribution is 2.32. The molecule has 1 heterocycles. The second-order valence-electron chi connectivity index (χ2n) is 2.99. The summed E-state index contributed by atoms with van der Waals surface area (Å²) in [6.45, 7) is 3.59. The number of nitrogen functional groups attached to an aromatic ring is 1. The average molecular weight is 164 g/mol. The third-order valence-corrected chi connectivity index (χ3v) is 1.96. The Balaban J connectivity index is 2.53. The lowest BCUT2D eigenvalue weighted by Gasteiger charge is -2.21. The molecule has 3 nitrogen and oxygen atoms in total. The van der Waals surface area contributed by atoms with E-state index in [1.54, 1.807) is 0 Å². The highest BCUT2D eigenvalue weighted by molar-refractivity contribution is 5.67. The molecule has 1 aliphatic heterocycles.